The lowest BCUT2D eigenvalue weighted by molar-refractivity contribution is 0.360. The van der Waals surface area contributed by atoms with Gasteiger partial charge in [0.1, 0.15) is 0 Å². The number of rotatable bonds is 3. The number of hydrogen-bond donors (Lipinski definition) is 1. The fourth-order valence-electron chi connectivity index (χ4n) is 2.68. The third-order valence-electron chi connectivity index (χ3n) is 4.08. The number of nitrogens with two attached hydrogens (primary N) is 1. The maximum Gasteiger partial charge on any atom is 0.237 e. The van der Waals surface area contributed by atoms with Gasteiger partial charge in [-0.2, -0.15) is 4.98 Å². The van der Waals surface area contributed by atoms with Crippen molar-refractivity contribution in [2.75, 3.05) is 5.73 Å². The van der Waals surface area contributed by atoms with Crippen molar-refractivity contribution in [3.05, 3.63) is 66.1 Å². The van der Waals surface area contributed by atoms with E-state index in [1.807, 2.05) is 42.5 Å². The molecule has 1 aliphatic carbocycles. The molecule has 0 spiro atoms. The molecular formula is C17H15N3O. The topological polar surface area (TPSA) is 64.9 Å². The lowest BCUT2D eigenvalue weighted by Gasteiger charge is -2.09. The molecular weight excluding hydrogens is 262 g/mol. The van der Waals surface area contributed by atoms with Crippen LogP contribution in [0.25, 0.3) is 11.4 Å². The Kier molecular flexibility index (Phi) is 2.57. The molecule has 0 aliphatic heterocycles. The molecule has 0 unspecified atom stereocenters. The van der Waals surface area contributed by atoms with Crippen molar-refractivity contribution in [3.8, 4) is 11.4 Å². The summed E-state index contributed by atoms with van der Waals surface area (Å²) in [6, 6.07) is 17.9. The van der Waals surface area contributed by atoms with Gasteiger partial charge in [-0.1, -0.05) is 35.5 Å². The van der Waals surface area contributed by atoms with E-state index in [1.165, 1.54) is 5.56 Å². The van der Waals surface area contributed by atoms with Gasteiger partial charge in [-0.05, 0) is 42.7 Å². The second-order valence-corrected chi connectivity index (χ2v) is 5.49. The molecule has 0 bridgehead atoms. The van der Waals surface area contributed by atoms with E-state index in [0.29, 0.717) is 11.7 Å². The van der Waals surface area contributed by atoms with Crippen molar-refractivity contribution in [1.29, 1.82) is 0 Å². The van der Waals surface area contributed by atoms with Gasteiger partial charge in [0, 0.05) is 11.3 Å². The van der Waals surface area contributed by atoms with Gasteiger partial charge in [-0.3, -0.25) is 0 Å². The number of anilines is 1. The van der Waals surface area contributed by atoms with Crippen LogP contribution in [0.15, 0.2) is 59.1 Å². The molecule has 1 fully saturated rings. The van der Waals surface area contributed by atoms with Gasteiger partial charge in [0.15, 0.2) is 0 Å². The average Bonchev–Trinajstić information content (AvgIpc) is 3.20. The Hall–Kier alpha value is -2.62. The highest BCUT2D eigenvalue weighted by Gasteiger charge is 2.50. The summed E-state index contributed by atoms with van der Waals surface area (Å²) in [7, 11) is 0. The minimum Gasteiger partial charge on any atom is -0.399 e. The standard InChI is InChI=1S/C17H15N3O/c18-14-8-6-12(7-9-14)15-19-16(21-20-15)17(10-11-17)13-4-2-1-3-5-13/h1-9H,10-11,18H2. The Morgan fingerprint density at radius 2 is 1.67 bits per heavy atom. The summed E-state index contributed by atoms with van der Waals surface area (Å²) in [5.41, 5.74) is 8.51. The van der Waals surface area contributed by atoms with Crippen molar-refractivity contribution < 1.29 is 4.52 Å². The van der Waals surface area contributed by atoms with Crippen molar-refractivity contribution in [2.24, 2.45) is 0 Å². The van der Waals surface area contributed by atoms with Crippen LogP contribution in [0.5, 0.6) is 0 Å². The molecule has 4 nitrogen and oxygen atoms in total. The van der Waals surface area contributed by atoms with Crippen LogP contribution in [-0.2, 0) is 5.41 Å². The van der Waals surface area contributed by atoms with Crippen LogP contribution < -0.4 is 5.73 Å². The van der Waals surface area contributed by atoms with E-state index in [0.717, 1.165) is 24.1 Å². The third kappa shape index (κ3) is 2.00. The maximum atomic E-state index is 5.70. The first-order valence-corrected chi connectivity index (χ1v) is 7.04. The van der Waals surface area contributed by atoms with E-state index >= 15 is 0 Å². The van der Waals surface area contributed by atoms with Crippen molar-refractivity contribution in [1.82, 2.24) is 10.1 Å². The van der Waals surface area contributed by atoms with Gasteiger partial charge >= 0.3 is 0 Å². The second-order valence-electron chi connectivity index (χ2n) is 5.49. The molecule has 21 heavy (non-hydrogen) atoms. The van der Waals surface area contributed by atoms with Crippen LogP contribution in [0.3, 0.4) is 0 Å². The zero-order valence-corrected chi connectivity index (χ0v) is 11.5. The molecule has 3 aromatic rings. The predicted molar refractivity (Wildman–Crippen MR) is 80.6 cm³/mol. The van der Waals surface area contributed by atoms with E-state index in [2.05, 4.69) is 22.3 Å². The average molecular weight is 277 g/mol. The molecule has 104 valence electrons. The minimum absolute atomic E-state index is 0.0830. The zero-order chi connectivity index (χ0) is 14.3. The molecule has 1 heterocycles. The largest absolute Gasteiger partial charge is 0.399 e. The molecule has 0 radical (unpaired) electrons. The molecule has 1 aliphatic rings. The van der Waals surface area contributed by atoms with Crippen LogP contribution in [0.2, 0.25) is 0 Å². The normalized spacial score (nSPS) is 15.8. The Labute approximate surface area is 122 Å². The molecule has 2 aromatic carbocycles. The van der Waals surface area contributed by atoms with Crippen LogP contribution in [-0.4, -0.2) is 10.1 Å². The SMILES string of the molecule is Nc1ccc(-c2noc(C3(c4ccccc4)CC3)n2)cc1. The highest BCUT2D eigenvalue weighted by atomic mass is 16.5. The smallest absolute Gasteiger partial charge is 0.237 e. The van der Waals surface area contributed by atoms with Gasteiger partial charge in [0.2, 0.25) is 11.7 Å². The molecule has 0 atom stereocenters. The molecule has 4 heteroatoms. The summed E-state index contributed by atoms with van der Waals surface area (Å²) >= 11 is 0. The van der Waals surface area contributed by atoms with Gasteiger partial charge in [0.25, 0.3) is 0 Å². The van der Waals surface area contributed by atoms with E-state index in [1.54, 1.807) is 0 Å². The lowest BCUT2D eigenvalue weighted by atomic mass is 9.96. The number of benzene rings is 2. The molecule has 1 aromatic heterocycles. The van der Waals surface area contributed by atoms with Crippen LogP contribution in [0.4, 0.5) is 5.69 Å². The summed E-state index contributed by atoms with van der Waals surface area (Å²) in [5, 5.41) is 4.12. The Morgan fingerprint density at radius 1 is 0.952 bits per heavy atom. The molecule has 0 saturated heterocycles. The van der Waals surface area contributed by atoms with Gasteiger partial charge < -0.3 is 10.3 Å². The Morgan fingerprint density at radius 3 is 2.33 bits per heavy atom. The summed E-state index contributed by atoms with van der Waals surface area (Å²) < 4.78 is 5.54. The molecule has 1 saturated carbocycles. The fraction of sp³-hybridized carbons (Fsp3) is 0.176. The van der Waals surface area contributed by atoms with Crippen LogP contribution in [0, 0.1) is 0 Å². The lowest BCUT2D eigenvalue weighted by Crippen LogP contribution is -2.08. The van der Waals surface area contributed by atoms with E-state index < -0.39 is 0 Å². The van der Waals surface area contributed by atoms with E-state index in [9.17, 15) is 0 Å². The number of nitrogen functional groups attached to an aromatic ring is 1. The van der Waals surface area contributed by atoms with Crippen molar-refractivity contribution in [2.45, 2.75) is 18.3 Å². The second kappa shape index (κ2) is 4.45. The molecule has 0 amide bonds. The zero-order valence-electron chi connectivity index (χ0n) is 11.5. The summed E-state index contributed by atoms with van der Waals surface area (Å²) in [5.74, 6) is 1.33. The summed E-state index contributed by atoms with van der Waals surface area (Å²) in [6.45, 7) is 0. The summed E-state index contributed by atoms with van der Waals surface area (Å²) in [4.78, 5) is 4.60. The van der Waals surface area contributed by atoms with Crippen LogP contribution in [0.1, 0.15) is 24.3 Å². The monoisotopic (exact) mass is 277 g/mol. The van der Waals surface area contributed by atoms with Gasteiger partial charge in [0.05, 0.1) is 5.41 Å². The maximum absolute atomic E-state index is 5.70. The fourth-order valence-corrected chi connectivity index (χ4v) is 2.68. The molecule has 4 rings (SSSR count). The number of hydrogen-bond acceptors (Lipinski definition) is 4. The quantitative estimate of drug-likeness (QED) is 0.745. The minimum atomic E-state index is -0.0830. The Balaban J connectivity index is 1.70. The third-order valence-corrected chi connectivity index (χ3v) is 4.08. The summed E-state index contributed by atoms with van der Waals surface area (Å²) in [6.07, 6.45) is 2.11. The van der Waals surface area contributed by atoms with Crippen LogP contribution >= 0.6 is 0 Å². The molecule has 2 N–H and O–H groups in total. The first-order valence-electron chi connectivity index (χ1n) is 7.04. The number of aromatic nitrogens is 2. The van der Waals surface area contributed by atoms with E-state index in [4.69, 9.17) is 10.3 Å². The first kappa shape index (κ1) is 12.1. The Bertz CT molecular complexity index is 758. The number of nitrogens with zero attached hydrogens (tertiary/aromatic N) is 2. The highest BCUT2D eigenvalue weighted by Crippen LogP contribution is 2.52. The van der Waals surface area contributed by atoms with Crippen molar-refractivity contribution >= 4 is 5.69 Å². The van der Waals surface area contributed by atoms with E-state index in [-0.39, 0.29) is 5.41 Å². The van der Waals surface area contributed by atoms with Crippen molar-refractivity contribution in [3.63, 3.8) is 0 Å². The predicted octanol–water partition coefficient (Wildman–Crippen LogP) is 3.40. The first-order chi connectivity index (χ1) is 10.3. The van der Waals surface area contributed by atoms with Gasteiger partial charge in [-0.25, -0.2) is 0 Å². The highest BCUT2D eigenvalue weighted by molar-refractivity contribution is 5.58. The van der Waals surface area contributed by atoms with Gasteiger partial charge in [-0.15, -0.1) is 0 Å².